The number of aliphatic carboxylic acids is 1. The number of carbonyl (C=O) groups is 1. The van der Waals surface area contributed by atoms with Crippen LogP contribution < -0.4 is 15.8 Å². The zero-order valence-corrected chi connectivity index (χ0v) is 10.1. The number of rotatable bonds is 7. The second-order valence-corrected chi connectivity index (χ2v) is 3.86. The molecule has 6 heteroatoms. The zero-order valence-electron chi connectivity index (χ0n) is 10.1. The molecule has 18 heavy (non-hydrogen) atoms. The Morgan fingerprint density at radius 1 is 1.61 bits per heavy atom. The van der Waals surface area contributed by atoms with Crippen molar-refractivity contribution in [2.45, 2.75) is 12.5 Å². The lowest BCUT2D eigenvalue weighted by molar-refractivity contribution is -0.138. The minimum Gasteiger partial charge on any atom is -0.496 e. The maximum absolute atomic E-state index is 13.1. The van der Waals surface area contributed by atoms with Crippen molar-refractivity contribution in [3.05, 3.63) is 29.6 Å². The lowest BCUT2D eigenvalue weighted by Gasteiger charge is -2.10. The maximum atomic E-state index is 13.1. The summed E-state index contributed by atoms with van der Waals surface area (Å²) in [6.45, 7) is 0.674. The number of hydrogen-bond acceptors (Lipinski definition) is 4. The number of nitrogens with one attached hydrogen (secondary N) is 1. The predicted octanol–water partition coefficient (Wildman–Crippen LogP) is 0.378. The van der Waals surface area contributed by atoms with Gasteiger partial charge in [-0.05, 0) is 36.7 Å². The van der Waals surface area contributed by atoms with Crippen LogP contribution in [0.25, 0.3) is 0 Å². The van der Waals surface area contributed by atoms with Crippen LogP contribution in [0.1, 0.15) is 5.56 Å². The van der Waals surface area contributed by atoms with Crippen LogP contribution >= 0.6 is 0 Å². The average molecular weight is 256 g/mol. The summed E-state index contributed by atoms with van der Waals surface area (Å²) in [6, 6.07) is 3.36. The standard InChI is InChI=1S/C12H17FN2O3/c1-18-11-3-2-9(13)6-8(11)4-5-15-7-10(14)12(16)17/h2-3,6,10,15H,4-5,7,14H2,1H3,(H,16,17). The average Bonchev–Trinajstić information content (AvgIpc) is 2.34. The number of benzene rings is 1. The van der Waals surface area contributed by atoms with Gasteiger partial charge in [0.1, 0.15) is 17.6 Å². The molecule has 0 fully saturated rings. The Morgan fingerprint density at radius 3 is 2.94 bits per heavy atom. The molecule has 1 aromatic rings. The first-order chi connectivity index (χ1) is 8.54. The smallest absolute Gasteiger partial charge is 0.321 e. The van der Waals surface area contributed by atoms with Gasteiger partial charge in [-0.2, -0.15) is 0 Å². The van der Waals surface area contributed by atoms with Crippen molar-refractivity contribution in [2.24, 2.45) is 5.73 Å². The Balaban J connectivity index is 2.43. The topological polar surface area (TPSA) is 84.6 Å². The van der Waals surface area contributed by atoms with E-state index in [1.54, 1.807) is 6.07 Å². The van der Waals surface area contributed by atoms with Crippen molar-refractivity contribution in [3.63, 3.8) is 0 Å². The molecule has 0 aliphatic heterocycles. The Hall–Kier alpha value is -1.66. The fourth-order valence-corrected chi connectivity index (χ4v) is 1.51. The van der Waals surface area contributed by atoms with Gasteiger partial charge >= 0.3 is 5.97 Å². The molecule has 1 unspecified atom stereocenters. The van der Waals surface area contributed by atoms with Gasteiger partial charge in [0, 0.05) is 6.54 Å². The monoisotopic (exact) mass is 256 g/mol. The minimum absolute atomic E-state index is 0.174. The van der Waals surface area contributed by atoms with Crippen molar-refractivity contribution in [1.82, 2.24) is 5.32 Å². The highest BCUT2D eigenvalue weighted by Gasteiger charge is 2.10. The molecule has 5 nitrogen and oxygen atoms in total. The number of hydrogen-bond donors (Lipinski definition) is 3. The summed E-state index contributed by atoms with van der Waals surface area (Å²) in [4.78, 5) is 10.5. The van der Waals surface area contributed by atoms with E-state index >= 15 is 0 Å². The van der Waals surface area contributed by atoms with Crippen molar-refractivity contribution in [2.75, 3.05) is 20.2 Å². The van der Waals surface area contributed by atoms with Crippen LogP contribution in [0.2, 0.25) is 0 Å². The lowest BCUT2D eigenvalue weighted by atomic mass is 10.1. The summed E-state index contributed by atoms with van der Waals surface area (Å²) in [6.07, 6.45) is 0.535. The normalized spacial score (nSPS) is 12.2. The highest BCUT2D eigenvalue weighted by molar-refractivity contribution is 5.73. The molecule has 0 aliphatic carbocycles. The van der Waals surface area contributed by atoms with Crippen LogP contribution in [-0.2, 0) is 11.2 Å². The number of ether oxygens (including phenoxy) is 1. The van der Waals surface area contributed by atoms with Crippen molar-refractivity contribution < 1.29 is 19.0 Å². The zero-order chi connectivity index (χ0) is 13.5. The molecule has 4 N–H and O–H groups in total. The Bertz CT molecular complexity index is 412. The van der Waals surface area contributed by atoms with E-state index in [0.717, 1.165) is 5.56 Å². The third-order valence-electron chi connectivity index (χ3n) is 2.50. The van der Waals surface area contributed by atoms with E-state index < -0.39 is 12.0 Å². The van der Waals surface area contributed by atoms with Crippen molar-refractivity contribution in [3.8, 4) is 5.75 Å². The largest absolute Gasteiger partial charge is 0.496 e. The summed E-state index contributed by atoms with van der Waals surface area (Å²) < 4.78 is 18.2. The summed E-state index contributed by atoms with van der Waals surface area (Å²) in [7, 11) is 1.52. The van der Waals surface area contributed by atoms with Crippen molar-refractivity contribution in [1.29, 1.82) is 0 Å². The lowest BCUT2D eigenvalue weighted by Crippen LogP contribution is -2.40. The first-order valence-electron chi connectivity index (χ1n) is 5.56. The van der Waals surface area contributed by atoms with Gasteiger partial charge in [-0.3, -0.25) is 4.79 Å². The number of carboxylic acids is 1. The number of methoxy groups -OCH3 is 1. The number of carboxylic acid groups (broad SMARTS) is 1. The molecule has 0 amide bonds. The van der Waals surface area contributed by atoms with Gasteiger partial charge < -0.3 is 20.9 Å². The van der Waals surface area contributed by atoms with E-state index in [2.05, 4.69) is 5.32 Å². The van der Waals surface area contributed by atoms with Crippen LogP contribution in [0.15, 0.2) is 18.2 Å². The Kier molecular flexibility index (Phi) is 5.54. The fraction of sp³-hybridized carbons (Fsp3) is 0.417. The van der Waals surface area contributed by atoms with E-state index in [0.29, 0.717) is 18.7 Å². The molecule has 1 atom stereocenters. The summed E-state index contributed by atoms with van der Waals surface area (Å²) in [5, 5.41) is 11.5. The van der Waals surface area contributed by atoms with Gasteiger partial charge in [0.2, 0.25) is 0 Å². The first-order valence-corrected chi connectivity index (χ1v) is 5.56. The first kappa shape index (κ1) is 14.4. The Morgan fingerprint density at radius 2 is 2.33 bits per heavy atom. The van der Waals surface area contributed by atoms with E-state index in [4.69, 9.17) is 15.6 Å². The third-order valence-corrected chi connectivity index (χ3v) is 2.50. The molecular formula is C12H17FN2O3. The summed E-state index contributed by atoms with van der Waals surface area (Å²) in [5.74, 6) is -0.764. The quantitative estimate of drug-likeness (QED) is 0.614. The molecule has 0 spiro atoms. The summed E-state index contributed by atoms with van der Waals surface area (Å²) >= 11 is 0. The molecule has 1 rings (SSSR count). The fourth-order valence-electron chi connectivity index (χ4n) is 1.51. The molecule has 1 aromatic carbocycles. The van der Waals surface area contributed by atoms with Crippen LogP contribution in [0.3, 0.4) is 0 Å². The highest BCUT2D eigenvalue weighted by atomic mass is 19.1. The molecule has 0 radical (unpaired) electrons. The van der Waals surface area contributed by atoms with Crippen LogP contribution in [-0.4, -0.2) is 37.3 Å². The van der Waals surface area contributed by atoms with E-state index in [-0.39, 0.29) is 12.4 Å². The SMILES string of the molecule is COc1ccc(F)cc1CCNCC(N)C(=O)O. The van der Waals surface area contributed by atoms with E-state index in [1.165, 1.54) is 19.2 Å². The molecule has 0 saturated carbocycles. The third kappa shape index (κ3) is 4.31. The molecule has 100 valence electrons. The van der Waals surface area contributed by atoms with Gasteiger partial charge in [-0.25, -0.2) is 4.39 Å². The van der Waals surface area contributed by atoms with Gasteiger partial charge in [-0.1, -0.05) is 0 Å². The maximum Gasteiger partial charge on any atom is 0.321 e. The number of nitrogens with two attached hydrogens (primary N) is 1. The van der Waals surface area contributed by atoms with Gasteiger partial charge in [-0.15, -0.1) is 0 Å². The molecule has 0 aromatic heterocycles. The molecule has 0 saturated heterocycles. The van der Waals surface area contributed by atoms with Crippen LogP contribution in [0, 0.1) is 5.82 Å². The molecular weight excluding hydrogens is 239 g/mol. The van der Waals surface area contributed by atoms with Crippen molar-refractivity contribution >= 4 is 5.97 Å². The molecule has 0 heterocycles. The van der Waals surface area contributed by atoms with Gasteiger partial charge in [0.15, 0.2) is 0 Å². The van der Waals surface area contributed by atoms with Gasteiger partial charge in [0.25, 0.3) is 0 Å². The Labute approximate surface area is 105 Å². The second kappa shape index (κ2) is 6.93. The summed E-state index contributed by atoms with van der Waals surface area (Å²) in [5.41, 5.74) is 6.06. The van der Waals surface area contributed by atoms with Crippen LogP contribution in [0.4, 0.5) is 4.39 Å². The van der Waals surface area contributed by atoms with Crippen LogP contribution in [0.5, 0.6) is 5.75 Å². The molecule has 0 aliphatic rings. The minimum atomic E-state index is -1.05. The highest BCUT2D eigenvalue weighted by Crippen LogP contribution is 2.19. The molecule has 0 bridgehead atoms. The van der Waals surface area contributed by atoms with Gasteiger partial charge in [0.05, 0.1) is 7.11 Å². The van der Waals surface area contributed by atoms with E-state index in [1.807, 2.05) is 0 Å². The second-order valence-electron chi connectivity index (χ2n) is 3.86. The number of halogens is 1. The predicted molar refractivity (Wildman–Crippen MR) is 65.1 cm³/mol. The van der Waals surface area contributed by atoms with E-state index in [9.17, 15) is 9.18 Å².